The van der Waals surface area contributed by atoms with Gasteiger partial charge < -0.3 is 19.3 Å². The molecule has 1 aromatic carbocycles. The molecule has 35 heavy (non-hydrogen) atoms. The van der Waals surface area contributed by atoms with Crippen LogP contribution in [0.1, 0.15) is 60.8 Å². The number of benzene rings is 1. The highest BCUT2D eigenvalue weighted by atomic mass is 16.5. The molecule has 188 valence electrons. The number of carbonyl (C=O) groups excluding carboxylic acids is 2. The van der Waals surface area contributed by atoms with Crippen molar-refractivity contribution < 1.29 is 19.1 Å². The minimum atomic E-state index is -1.04. The third-order valence-electron chi connectivity index (χ3n) is 6.91. The maximum Gasteiger partial charge on any atom is 0.272 e. The summed E-state index contributed by atoms with van der Waals surface area (Å²) < 4.78 is 12.4. The van der Waals surface area contributed by atoms with Crippen LogP contribution in [0.4, 0.5) is 0 Å². The van der Waals surface area contributed by atoms with Crippen molar-refractivity contribution in [2.45, 2.75) is 58.0 Å². The standard InChI is InChI=1S/C28H37N3O4/c1-3-4-16-30-17-19-34-25-14-6-5-11-23(25)12-7-8-15-28(27(30)33)21-31(18-20-35-28)26(32)24-13-9-10-22(2)29-24/h5-6,9-11,13-14H,3-4,7-8,12,15-21H2,1-2H3. The predicted octanol–water partition coefficient (Wildman–Crippen LogP) is 4.04. The summed E-state index contributed by atoms with van der Waals surface area (Å²) in [7, 11) is 0. The van der Waals surface area contributed by atoms with Crippen LogP contribution in [0.2, 0.25) is 0 Å². The Morgan fingerprint density at radius 2 is 1.94 bits per heavy atom. The first kappa shape index (κ1) is 25.2. The number of nitrogens with zero attached hydrogens (tertiary/aromatic N) is 3. The molecule has 1 spiro atoms. The number of ether oxygens (including phenoxy) is 2. The Morgan fingerprint density at radius 3 is 2.77 bits per heavy atom. The molecule has 0 radical (unpaired) electrons. The second-order valence-electron chi connectivity index (χ2n) is 9.54. The van der Waals surface area contributed by atoms with Crippen LogP contribution in [0.15, 0.2) is 42.5 Å². The Kier molecular flexibility index (Phi) is 8.39. The van der Waals surface area contributed by atoms with Gasteiger partial charge in [0.1, 0.15) is 18.1 Å². The molecule has 1 atom stereocenters. The number of hydrogen-bond donors (Lipinski definition) is 0. The molecule has 0 N–H and O–H groups in total. The van der Waals surface area contributed by atoms with Crippen molar-refractivity contribution in [2.75, 3.05) is 39.4 Å². The SMILES string of the molecule is CCCCN1CCOc2ccccc2CCCCC2(CN(C(=O)c3cccc(C)n3)CCO2)C1=O. The molecule has 2 amide bonds. The van der Waals surface area contributed by atoms with Crippen LogP contribution in [0.3, 0.4) is 0 Å². The molecule has 3 heterocycles. The molecule has 1 fully saturated rings. The lowest BCUT2D eigenvalue weighted by atomic mass is 9.90. The van der Waals surface area contributed by atoms with E-state index in [2.05, 4.69) is 18.0 Å². The number of carbonyl (C=O) groups is 2. The minimum absolute atomic E-state index is 0.0295. The number of rotatable bonds is 4. The Morgan fingerprint density at radius 1 is 1.09 bits per heavy atom. The summed E-state index contributed by atoms with van der Waals surface area (Å²) >= 11 is 0. The lowest BCUT2D eigenvalue weighted by Crippen LogP contribution is -2.62. The topological polar surface area (TPSA) is 72.0 Å². The average Bonchev–Trinajstić information content (AvgIpc) is 2.88. The molecular formula is C28H37N3O4. The summed E-state index contributed by atoms with van der Waals surface area (Å²) in [6.45, 7) is 6.61. The molecule has 0 saturated carbocycles. The first-order valence-corrected chi connectivity index (χ1v) is 12.9. The first-order valence-electron chi connectivity index (χ1n) is 12.9. The second-order valence-corrected chi connectivity index (χ2v) is 9.54. The van der Waals surface area contributed by atoms with E-state index in [9.17, 15) is 9.59 Å². The van der Waals surface area contributed by atoms with Gasteiger partial charge in [-0.1, -0.05) is 37.6 Å². The van der Waals surface area contributed by atoms with E-state index in [1.807, 2.05) is 42.2 Å². The molecule has 1 aromatic heterocycles. The number of unbranched alkanes of at least 4 members (excludes halogenated alkanes) is 1. The van der Waals surface area contributed by atoms with E-state index in [1.165, 1.54) is 5.56 Å². The van der Waals surface area contributed by atoms with Crippen molar-refractivity contribution in [1.82, 2.24) is 14.8 Å². The smallest absolute Gasteiger partial charge is 0.272 e. The fraction of sp³-hybridized carbons (Fsp3) is 0.536. The van der Waals surface area contributed by atoms with E-state index in [0.29, 0.717) is 45.0 Å². The van der Waals surface area contributed by atoms with Gasteiger partial charge in [-0.15, -0.1) is 0 Å². The van der Waals surface area contributed by atoms with Crippen molar-refractivity contribution in [3.05, 3.63) is 59.4 Å². The predicted molar refractivity (Wildman–Crippen MR) is 135 cm³/mol. The number of fused-ring (bicyclic) bond motifs is 1. The van der Waals surface area contributed by atoms with Gasteiger partial charge in [-0.25, -0.2) is 4.98 Å². The lowest BCUT2D eigenvalue weighted by Gasteiger charge is -2.44. The minimum Gasteiger partial charge on any atom is -0.491 e. The fourth-order valence-corrected chi connectivity index (χ4v) is 4.96. The van der Waals surface area contributed by atoms with Gasteiger partial charge in [0.2, 0.25) is 0 Å². The third-order valence-corrected chi connectivity index (χ3v) is 6.91. The molecule has 2 aromatic rings. The Labute approximate surface area is 208 Å². The first-order chi connectivity index (χ1) is 17.0. The van der Waals surface area contributed by atoms with Gasteiger partial charge in [0.15, 0.2) is 5.60 Å². The Bertz CT molecular complexity index is 1030. The van der Waals surface area contributed by atoms with Crippen LogP contribution < -0.4 is 4.74 Å². The van der Waals surface area contributed by atoms with Gasteiger partial charge in [-0.2, -0.15) is 0 Å². The summed E-state index contributed by atoms with van der Waals surface area (Å²) in [5, 5.41) is 0. The summed E-state index contributed by atoms with van der Waals surface area (Å²) in [6, 6.07) is 13.6. The zero-order chi connectivity index (χ0) is 24.7. The van der Waals surface area contributed by atoms with Crippen LogP contribution in [-0.2, 0) is 16.0 Å². The number of aromatic nitrogens is 1. The van der Waals surface area contributed by atoms with E-state index in [1.54, 1.807) is 11.0 Å². The molecule has 0 bridgehead atoms. The fourth-order valence-electron chi connectivity index (χ4n) is 4.96. The molecule has 7 heteroatoms. The van der Waals surface area contributed by atoms with Gasteiger partial charge in [0.05, 0.1) is 19.7 Å². The average molecular weight is 480 g/mol. The number of morpholine rings is 1. The molecule has 4 rings (SSSR count). The lowest BCUT2D eigenvalue weighted by molar-refractivity contribution is -0.170. The van der Waals surface area contributed by atoms with Crippen LogP contribution in [0.25, 0.3) is 0 Å². The van der Waals surface area contributed by atoms with Crippen LogP contribution in [-0.4, -0.2) is 71.6 Å². The van der Waals surface area contributed by atoms with Gasteiger partial charge in [-0.3, -0.25) is 9.59 Å². The summed E-state index contributed by atoms with van der Waals surface area (Å²) in [6.07, 6.45) is 5.12. The number of para-hydroxylation sites is 1. The van der Waals surface area contributed by atoms with E-state index in [-0.39, 0.29) is 18.4 Å². The van der Waals surface area contributed by atoms with Gasteiger partial charge in [0, 0.05) is 18.8 Å². The highest BCUT2D eigenvalue weighted by molar-refractivity contribution is 5.93. The van der Waals surface area contributed by atoms with E-state index in [0.717, 1.165) is 43.5 Å². The molecule has 1 unspecified atom stereocenters. The molecule has 1 saturated heterocycles. The normalized spacial score (nSPS) is 21.6. The number of amides is 2. The maximum absolute atomic E-state index is 14.0. The van der Waals surface area contributed by atoms with Crippen LogP contribution >= 0.6 is 0 Å². The highest BCUT2D eigenvalue weighted by Gasteiger charge is 2.46. The van der Waals surface area contributed by atoms with Gasteiger partial charge in [-0.05, 0) is 62.8 Å². The maximum atomic E-state index is 14.0. The van der Waals surface area contributed by atoms with Crippen LogP contribution in [0.5, 0.6) is 5.75 Å². The summed E-state index contributed by atoms with van der Waals surface area (Å²) in [4.78, 5) is 35.4. The molecule has 0 aliphatic carbocycles. The zero-order valence-corrected chi connectivity index (χ0v) is 21.0. The van der Waals surface area contributed by atoms with Crippen molar-refractivity contribution in [3.63, 3.8) is 0 Å². The summed E-state index contributed by atoms with van der Waals surface area (Å²) in [5.74, 6) is 0.729. The Balaban J connectivity index is 1.59. The van der Waals surface area contributed by atoms with E-state index in [4.69, 9.17) is 9.47 Å². The zero-order valence-electron chi connectivity index (χ0n) is 21.0. The van der Waals surface area contributed by atoms with Gasteiger partial charge in [0.25, 0.3) is 11.8 Å². The number of hydrogen-bond acceptors (Lipinski definition) is 5. The van der Waals surface area contributed by atoms with Crippen molar-refractivity contribution >= 4 is 11.8 Å². The van der Waals surface area contributed by atoms with Gasteiger partial charge >= 0.3 is 0 Å². The Hall–Kier alpha value is -2.93. The van der Waals surface area contributed by atoms with Crippen molar-refractivity contribution in [1.29, 1.82) is 0 Å². The summed E-state index contributed by atoms with van der Waals surface area (Å²) in [5.41, 5.74) is 1.37. The van der Waals surface area contributed by atoms with E-state index >= 15 is 0 Å². The van der Waals surface area contributed by atoms with Crippen molar-refractivity contribution in [2.24, 2.45) is 0 Å². The highest BCUT2D eigenvalue weighted by Crippen LogP contribution is 2.30. The number of aryl methyl sites for hydroxylation is 2. The molecule has 2 aliphatic rings. The van der Waals surface area contributed by atoms with Crippen molar-refractivity contribution in [3.8, 4) is 5.75 Å². The number of pyridine rings is 1. The molecular weight excluding hydrogens is 442 g/mol. The third kappa shape index (κ3) is 6.01. The van der Waals surface area contributed by atoms with E-state index < -0.39 is 5.60 Å². The molecule has 2 aliphatic heterocycles. The largest absolute Gasteiger partial charge is 0.491 e. The quantitative estimate of drug-likeness (QED) is 0.662. The monoisotopic (exact) mass is 479 g/mol. The second kappa shape index (κ2) is 11.7. The molecule has 7 nitrogen and oxygen atoms in total. The van der Waals surface area contributed by atoms with Crippen LogP contribution in [0, 0.1) is 6.92 Å².